The minimum Gasteiger partial charge on any atom is -0.332 e. The van der Waals surface area contributed by atoms with Crippen LogP contribution >= 0.6 is 0 Å². The molecule has 2 aromatic rings. The van der Waals surface area contributed by atoms with Crippen molar-refractivity contribution in [3.05, 3.63) is 75.3 Å². The third-order valence-corrected chi connectivity index (χ3v) is 5.17. The summed E-state index contributed by atoms with van der Waals surface area (Å²) in [6, 6.07) is 15.2. The van der Waals surface area contributed by atoms with Crippen LogP contribution in [0, 0.1) is 10.1 Å². The zero-order valence-corrected chi connectivity index (χ0v) is 13.9. The second-order valence-electron chi connectivity index (χ2n) is 6.89. The van der Waals surface area contributed by atoms with Gasteiger partial charge < -0.3 is 4.90 Å². The van der Waals surface area contributed by atoms with E-state index >= 15 is 0 Å². The summed E-state index contributed by atoms with van der Waals surface area (Å²) in [6.07, 6.45) is 4.46. The number of non-ortho nitro benzene ring substituents is 1. The Balaban J connectivity index is 1.53. The number of rotatable bonds is 5. The summed E-state index contributed by atoms with van der Waals surface area (Å²) in [7, 11) is 0. The first-order valence-corrected chi connectivity index (χ1v) is 8.76. The zero-order chi connectivity index (χ0) is 17.4. The number of carbonyl (C=O) groups excluding carboxylic acids is 1. The zero-order valence-electron chi connectivity index (χ0n) is 13.9. The molecule has 128 valence electrons. The molecule has 2 aliphatic carbocycles. The molecule has 0 spiro atoms. The summed E-state index contributed by atoms with van der Waals surface area (Å²) in [4.78, 5) is 25.4. The molecule has 0 heterocycles. The second kappa shape index (κ2) is 6.31. The smallest absolute Gasteiger partial charge is 0.269 e. The highest BCUT2D eigenvalue weighted by Crippen LogP contribution is 2.42. The van der Waals surface area contributed by atoms with Crippen molar-refractivity contribution >= 4 is 11.6 Å². The molecule has 2 aliphatic rings. The number of carbonyl (C=O) groups is 1. The predicted octanol–water partition coefficient (Wildman–Crippen LogP) is 3.82. The SMILES string of the molecule is O=C(Cc1ccc([N+](=O)[O-])cc1)N(C1CC1)[C@H]1CCc2ccccc21. The van der Waals surface area contributed by atoms with Crippen LogP contribution in [0.25, 0.3) is 0 Å². The summed E-state index contributed by atoms with van der Waals surface area (Å²) in [5.41, 5.74) is 3.51. The monoisotopic (exact) mass is 336 g/mol. The van der Waals surface area contributed by atoms with Gasteiger partial charge in [0.05, 0.1) is 17.4 Å². The van der Waals surface area contributed by atoms with E-state index in [0.717, 1.165) is 31.2 Å². The summed E-state index contributed by atoms with van der Waals surface area (Å²) in [6.45, 7) is 0. The van der Waals surface area contributed by atoms with Crippen LogP contribution in [0.2, 0.25) is 0 Å². The van der Waals surface area contributed by atoms with Crippen LogP contribution in [0.15, 0.2) is 48.5 Å². The van der Waals surface area contributed by atoms with Gasteiger partial charge in [-0.05, 0) is 42.4 Å². The van der Waals surface area contributed by atoms with E-state index in [-0.39, 0.29) is 17.6 Å². The first-order chi connectivity index (χ1) is 12.1. The van der Waals surface area contributed by atoms with E-state index in [0.29, 0.717) is 12.5 Å². The average Bonchev–Trinajstić information content (AvgIpc) is 3.35. The number of aryl methyl sites for hydroxylation is 1. The van der Waals surface area contributed by atoms with Crippen LogP contribution in [-0.2, 0) is 17.6 Å². The van der Waals surface area contributed by atoms with Gasteiger partial charge in [0.1, 0.15) is 0 Å². The lowest BCUT2D eigenvalue weighted by atomic mass is 10.0. The summed E-state index contributed by atoms with van der Waals surface area (Å²) in [5, 5.41) is 10.8. The Morgan fingerprint density at radius 3 is 2.48 bits per heavy atom. The van der Waals surface area contributed by atoms with Gasteiger partial charge in [-0.3, -0.25) is 14.9 Å². The number of benzene rings is 2. The number of hydrogen-bond acceptors (Lipinski definition) is 3. The van der Waals surface area contributed by atoms with Gasteiger partial charge in [0.2, 0.25) is 5.91 Å². The van der Waals surface area contributed by atoms with Gasteiger partial charge >= 0.3 is 0 Å². The third-order valence-electron chi connectivity index (χ3n) is 5.17. The van der Waals surface area contributed by atoms with Gasteiger partial charge in [-0.25, -0.2) is 0 Å². The first kappa shape index (κ1) is 15.8. The summed E-state index contributed by atoms with van der Waals surface area (Å²) >= 11 is 0. The molecule has 5 nitrogen and oxygen atoms in total. The largest absolute Gasteiger partial charge is 0.332 e. The van der Waals surface area contributed by atoms with E-state index in [9.17, 15) is 14.9 Å². The van der Waals surface area contributed by atoms with Gasteiger partial charge in [0.25, 0.3) is 5.69 Å². The topological polar surface area (TPSA) is 63.4 Å². The van der Waals surface area contributed by atoms with Crippen molar-refractivity contribution in [1.82, 2.24) is 4.90 Å². The molecule has 0 bridgehead atoms. The van der Waals surface area contributed by atoms with E-state index in [4.69, 9.17) is 0 Å². The van der Waals surface area contributed by atoms with Crippen molar-refractivity contribution in [3.63, 3.8) is 0 Å². The first-order valence-electron chi connectivity index (χ1n) is 8.76. The number of nitrogens with zero attached hydrogens (tertiary/aromatic N) is 2. The minimum atomic E-state index is -0.419. The Morgan fingerprint density at radius 1 is 1.08 bits per heavy atom. The molecule has 1 atom stereocenters. The van der Waals surface area contributed by atoms with Gasteiger partial charge in [-0.2, -0.15) is 0 Å². The number of nitro groups is 1. The van der Waals surface area contributed by atoms with Crippen molar-refractivity contribution in [1.29, 1.82) is 0 Å². The molecule has 0 aliphatic heterocycles. The molecule has 0 N–H and O–H groups in total. The average molecular weight is 336 g/mol. The highest BCUT2D eigenvalue weighted by molar-refractivity contribution is 5.80. The lowest BCUT2D eigenvalue weighted by Crippen LogP contribution is -2.37. The van der Waals surface area contributed by atoms with Crippen LogP contribution in [-0.4, -0.2) is 21.8 Å². The number of amides is 1. The van der Waals surface area contributed by atoms with Crippen LogP contribution in [0.3, 0.4) is 0 Å². The predicted molar refractivity (Wildman–Crippen MR) is 94.2 cm³/mol. The molecular formula is C20H20N2O3. The maximum atomic E-state index is 13.0. The molecule has 25 heavy (non-hydrogen) atoms. The molecule has 0 radical (unpaired) electrons. The molecular weight excluding hydrogens is 316 g/mol. The quantitative estimate of drug-likeness (QED) is 0.616. The standard InChI is InChI=1S/C20H20N2O3/c23-20(13-14-5-8-17(9-6-14)22(24)25)21(16-10-11-16)19-12-7-15-3-1-2-4-18(15)19/h1-6,8-9,16,19H,7,10-13H2/t19-/m0/s1. The normalized spacial score (nSPS) is 18.6. The molecule has 0 aromatic heterocycles. The summed E-state index contributed by atoms with van der Waals surface area (Å²) < 4.78 is 0. The Morgan fingerprint density at radius 2 is 1.80 bits per heavy atom. The molecule has 1 amide bonds. The Labute approximate surface area is 146 Å². The van der Waals surface area contributed by atoms with Crippen molar-refractivity contribution in [3.8, 4) is 0 Å². The Bertz CT molecular complexity index is 812. The highest BCUT2D eigenvalue weighted by Gasteiger charge is 2.40. The number of hydrogen-bond donors (Lipinski definition) is 0. The molecule has 5 heteroatoms. The molecule has 2 aromatic carbocycles. The maximum Gasteiger partial charge on any atom is 0.269 e. The van der Waals surface area contributed by atoms with Crippen LogP contribution in [0.1, 0.15) is 42.0 Å². The van der Waals surface area contributed by atoms with E-state index in [1.165, 1.54) is 23.3 Å². The third kappa shape index (κ3) is 3.14. The van der Waals surface area contributed by atoms with E-state index in [1.54, 1.807) is 12.1 Å². The van der Waals surface area contributed by atoms with E-state index < -0.39 is 4.92 Å². The maximum absolute atomic E-state index is 13.0. The van der Waals surface area contributed by atoms with Gasteiger partial charge in [-0.1, -0.05) is 36.4 Å². The van der Waals surface area contributed by atoms with Crippen molar-refractivity contribution in [2.24, 2.45) is 0 Å². The molecule has 1 fully saturated rings. The second-order valence-corrected chi connectivity index (χ2v) is 6.89. The number of fused-ring (bicyclic) bond motifs is 1. The fraction of sp³-hybridized carbons (Fsp3) is 0.350. The fourth-order valence-corrected chi connectivity index (χ4v) is 3.81. The van der Waals surface area contributed by atoms with Crippen LogP contribution in [0.5, 0.6) is 0 Å². The molecule has 0 saturated heterocycles. The molecule has 1 saturated carbocycles. The van der Waals surface area contributed by atoms with Gasteiger partial charge in [0, 0.05) is 18.2 Å². The van der Waals surface area contributed by atoms with Crippen LogP contribution < -0.4 is 0 Å². The van der Waals surface area contributed by atoms with Crippen molar-refractivity contribution < 1.29 is 9.72 Å². The summed E-state index contributed by atoms with van der Waals surface area (Å²) in [5.74, 6) is 0.123. The molecule has 4 rings (SSSR count). The van der Waals surface area contributed by atoms with Crippen LogP contribution in [0.4, 0.5) is 5.69 Å². The lowest BCUT2D eigenvalue weighted by Gasteiger charge is -2.30. The van der Waals surface area contributed by atoms with Crippen molar-refractivity contribution in [2.45, 2.75) is 44.2 Å². The Hall–Kier alpha value is -2.69. The van der Waals surface area contributed by atoms with Crippen molar-refractivity contribution in [2.75, 3.05) is 0 Å². The van der Waals surface area contributed by atoms with E-state index in [1.807, 2.05) is 6.07 Å². The number of nitro benzene ring substituents is 1. The fourth-order valence-electron chi connectivity index (χ4n) is 3.81. The Kier molecular flexibility index (Phi) is 3.99. The van der Waals surface area contributed by atoms with Gasteiger partial charge in [0.15, 0.2) is 0 Å². The highest BCUT2D eigenvalue weighted by atomic mass is 16.6. The lowest BCUT2D eigenvalue weighted by molar-refractivity contribution is -0.384. The van der Waals surface area contributed by atoms with E-state index in [2.05, 4.69) is 23.1 Å². The minimum absolute atomic E-state index is 0.0555. The van der Waals surface area contributed by atoms with Gasteiger partial charge in [-0.15, -0.1) is 0 Å². The molecule has 0 unspecified atom stereocenters.